The van der Waals surface area contributed by atoms with E-state index in [0.717, 1.165) is 55.3 Å². The van der Waals surface area contributed by atoms with Crippen LogP contribution >= 0.6 is 0 Å². The number of aromatic nitrogens is 3. The summed E-state index contributed by atoms with van der Waals surface area (Å²) in [7, 11) is 3.53. The maximum absolute atomic E-state index is 12.1. The summed E-state index contributed by atoms with van der Waals surface area (Å²) in [6.45, 7) is 4.29. The standard InChI is InChI=1S/C23H31N7O/c1-4-24-23(25-14-8-12-21-28-27-20-11-5-6-16-30(20)21)26-15-13-18-9-7-10-19(17-18)22(31)29(2)3/h5-7,9-11,16-17H,4,8,12-15H2,1-3H3,(H2,24,25,26). The number of hydrogen-bond donors (Lipinski definition) is 2. The van der Waals surface area contributed by atoms with E-state index in [1.54, 1.807) is 19.0 Å². The number of benzene rings is 1. The monoisotopic (exact) mass is 421 g/mol. The summed E-state index contributed by atoms with van der Waals surface area (Å²) >= 11 is 0. The summed E-state index contributed by atoms with van der Waals surface area (Å²) in [5.41, 5.74) is 2.70. The van der Waals surface area contributed by atoms with Crippen LogP contribution in [0.3, 0.4) is 0 Å². The van der Waals surface area contributed by atoms with Gasteiger partial charge in [0.2, 0.25) is 0 Å². The molecule has 0 atom stereocenters. The number of aliphatic imine (C=N–C) groups is 1. The lowest BCUT2D eigenvalue weighted by atomic mass is 10.1. The summed E-state index contributed by atoms with van der Waals surface area (Å²) < 4.78 is 2.02. The van der Waals surface area contributed by atoms with Crippen LogP contribution in [0, 0.1) is 0 Å². The highest BCUT2D eigenvalue weighted by atomic mass is 16.2. The highest BCUT2D eigenvalue weighted by Crippen LogP contribution is 2.08. The van der Waals surface area contributed by atoms with Gasteiger partial charge in [0.15, 0.2) is 11.6 Å². The van der Waals surface area contributed by atoms with E-state index in [-0.39, 0.29) is 5.91 Å². The summed E-state index contributed by atoms with van der Waals surface area (Å²) in [5.74, 6) is 1.77. The van der Waals surface area contributed by atoms with E-state index in [4.69, 9.17) is 0 Å². The zero-order valence-electron chi connectivity index (χ0n) is 18.5. The van der Waals surface area contributed by atoms with Gasteiger partial charge in [-0.25, -0.2) is 0 Å². The zero-order valence-corrected chi connectivity index (χ0v) is 18.5. The molecular weight excluding hydrogens is 390 g/mol. The minimum absolute atomic E-state index is 0.0187. The minimum atomic E-state index is 0.0187. The van der Waals surface area contributed by atoms with Crippen molar-refractivity contribution in [2.45, 2.75) is 26.2 Å². The van der Waals surface area contributed by atoms with Crippen molar-refractivity contribution in [2.24, 2.45) is 4.99 Å². The number of hydrogen-bond acceptors (Lipinski definition) is 4. The van der Waals surface area contributed by atoms with Gasteiger partial charge in [-0.1, -0.05) is 18.2 Å². The molecule has 3 aromatic rings. The van der Waals surface area contributed by atoms with Gasteiger partial charge in [0.1, 0.15) is 5.82 Å². The maximum Gasteiger partial charge on any atom is 0.253 e. The molecule has 164 valence electrons. The van der Waals surface area contributed by atoms with Crippen molar-refractivity contribution in [2.75, 3.05) is 33.7 Å². The second kappa shape index (κ2) is 11.1. The molecule has 1 aromatic carbocycles. The summed E-state index contributed by atoms with van der Waals surface area (Å²) in [5, 5.41) is 15.1. The largest absolute Gasteiger partial charge is 0.357 e. The molecule has 0 aliphatic rings. The first-order valence-corrected chi connectivity index (χ1v) is 10.7. The number of guanidine groups is 1. The summed E-state index contributed by atoms with van der Waals surface area (Å²) in [4.78, 5) is 18.4. The van der Waals surface area contributed by atoms with Crippen LogP contribution in [-0.2, 0) is 12.8 Å². The van der Waals surface area contributed by atoms with E-state index < -0.39 is 0 Å². The van der Waals surface area contributed by atoms with E-state index in [1.807, 2.05) is 53.1 Å². The number of carbonyl (C=O) groups excluding carboxylic acids is 1. The Kier molecular flexibility index (Phi) is 7.98. The number of rotatable bonds is 9. The van der Waals surface area contributed by atoms with Gasteiger partial charge >= 0.3 is 0 Å². The van der Waals surface area contributed by atoms with Gasteiger partial charge in [-0.05, 0) is 49.6 Å². The Balaban J connectivity index is 1.48. The van der Waals surface area contributed by atoms with Crippen LogP contribution < -0.4 is 10.6 Å². The lowest BCUT2D eigenvalue weighted by Gasteiger charge is -2.13. The Hall–Kier alpha value is -3.42. The van der Waals surface area contributed by atoms with Crippen molar-refractivity contribution in [3.8, 4) is 0 Å². The molecule has 0 aliphatic heterocycles. The lowest BCUT2D eigenvalue weighted by Crippen LogP contribution is -2.38. The predicted octanol–water partition coefficient (Wildman–Crippen LogP) is 2.16. The van der Waals surface area contributed by atoms with Gasteiger partial charge < -0.3 is 15.5 Å². The van der Waals surface area contributed by atoms with Crippen molar-refractivity contribution in [3.63, 3.8) is 0 Å². The molecule has 8 nitrogen and oxygen atoms in total. The Bertz CT molecular complexity index is 1030. The highest BCUT2D eigenvalue weighted by Gasteiger charge is 2.08. The van der Waals surface area contributed by atoms with Crippen LogP contribution in [0.2, 0.25) is 0 Å². The third-order valence-corrected chi connectivity index (χ3v) is 4.84. The fourth-order valence-corrected chi connectivity index (χ4v) is 3.27. The van der Waals surface area contributed by atoms with Gasteiger partial charge in [0.25, 0.3) is 5.91 Å². The highest BCUT2D eigenvalue weighted by molar-refractivity contribution is 5.94. The quantitative estimate of drug-likeness (QED) is 0.314. The van der Waals surface area contributed by atoms with Crippen molar-refractivity contribution < 1.29 is 4.79 Å². The molecule has 31 heavy (non-hydrogen) atoms. The van der Waals surface area contributed by atoms with Crippen LogP contribution in [-0.4, -0.2) is 65.1 Å². The maximum atomic E-state index is 12.1. The van der Waals surface area contributed by atoms with E-state index in [9.17, 15) is 4.79 Å². The first-order valence-electron chi connectivity index (χ1n) is 10.7. The Morgan fingerprint density at radius 2 is 1.97 bits per heavy atom. The molecule has 0 unspecified atom stereocenters. The Morgan fingerprint density at radius 3 is 2.77 bits per heavy atom. The van der Waals surface area contributed by atoms with Gasteiger partial charge in [0, 0.05) is 51.9 Å². The molecule has 0 spiro atoms. The lowest BCUT2D eigenvalue weighted by molar-refractivity contribution is 0.0827. The molecule has 8 heteroatoms. The SMILES string of the molecule is CCNC(=NCCCc1nnc2ccccn12)NCCc1cccc(C(=O)N(C)C)c1. The minimum Gasteiger partial charge on any atom is -0.357 e. The third kappa shape index (κ3) is 6.28. The van der Waals surface area contributed by atoms with Crippen LogP contribution in [0.15, 0.2) is 53.7 Å². The zero-order chi connectivity index (χ0) is 22.1. The number of nitrogens with zero attached hydrogens (tertiary/aromatic N) is 5. The second-order valence-electron chi connectivity index (χ2n) is 7.49. The normalized spacial score (nSPS) is 11.5. The number of nitrogens with one attached hydrogen (secondary N) is 2. The van der Waals surface area contributed by atoms with Crippen molar-refractivity contribution in [3.05, 3.63) is 65.6 Å². The van der Waals surface area contributed by atoms with Gasteiger partial charge in [0.05, 0.1) is 0 Å². The summed E-state index contributed by atoms with van der Waals surface area (Å²) in [6.07, 6.45) is 4.51. The molecule has 2 heterocycles. The van der Waals surface area contributed by atoms with Crippen molar-refractivity contribution in [1.82, 2.24) is 30.1 Å². The summed E-state index contributed by atoms with van der Waals surface area (Å²) in [6, 6.07) is 13.7. The van der Waals surface area contributed by atoms with Crippen LogP contribution in [0.25, 0.3) is 5.65 Å². The predicted molar refractivity (Wildman–Crippen MR) is 123 cm³/mol. The smallest absolute Gasteiger partial charge is 0.253 e. The molecule has 2 aromatic heterocycles. The number of amides is 1. The third-order valence-electron chi connectivity index (χ3n) is 4.84. The molecule has 0 saturated carbocycles. The molecule has 1 amide bonds. The first kappa shape index (κ1) is 22.3. The molecule has 0 aliphatic carbocycles. The van der Waals surface area contributed by atoms with Crippen molar-refractivity contribution >= 4 is 17.5 Å². The van der Waals surface area contributed by atoms with E-state index in [1.165, 1.54) is 0 Å². The van der Waals surface area contributed by atoms with Gasteiger partial charge in [-0.2, -0.15) is 0 Å². The Labute approximate surface area is 183 Å². The van der Waals surface area contributed by atoms with Gasteiger partial charge in [-0.15, -0.1) is 10.2 Å². The van der Waals surface area contributed by atoms with E-state index >= 15 is 0 Å². The average molecular weight is 422 g/mol. The molecule has 0 radical (unpaired) electrons. The van der Waals surface area contributed by atoms with Crippen molar-refractivity contribution in [1.29, 1.82) is 0 Å². The molecule has 0 bridgehead atoms. The molecule has 3 rings (SSSR count). The fraction of sp³-hybridized carbons (Fsp3) is 0.391. The van der Waals surface area contributed by atoms with Crippen LogP contribution in [0.4, 0.5) is 0 Å². The second-order valence-corrected chi connectivity index (χ2v) is 7.49. The first-order chi connectivity index (χ1) is 15.1. The Morgan fingerprint density at radius 1 is 1.10 bits per heavy atom. The number of aryl methyl sites for hydroxylation is 1. The van der Waals surface area contributed by atoms with Crippen LogP contribution in [0.5, 0.6) is 0 Å². The fourth-order valence-electron chi connectivity index (χ4n) is 3.27. The topological polar surface area (TPSA) is 86.9 Å². The van der Waals surface area contributed by atoms with E-state index in [2.05, 4.69) is 32.7 Å². The average Bonchev–Trinajstić information content (AvgIpc) is 3.19. The number of fused-ring (bicyclic) bond motifs is 1. The van der Waals surface area contributed by atoms with E-state index in [0.29, 0.717) is 12.1 Å². The molecule has 0 saturated heterocycles. The number of pyridine rings is 1. The molecule has 2 N–H and O–H groups in total. The number of carbonyl (C=O) groups is 1. The molecule has 0 fully saturated rings. The van der Waals surface area contributed by atoms with Crippen LogP contribution in [0.1, 0.15) is 35.1 Å². The molecular formula is C23H31N7O. The van der Waals surface area contributed by atoms with Gasteiger partial charge in [-0.3, -0.25) is 14.2 Å².